The zero-order valence-electron chi connectivity index (χ0n) is 17.6. The minimum Gasteiger partial charge on any atom is -0.457 e. The fourth-order valence-electron chi connectivity index (χ4n) is 3.43. The van der Waals surface area contributed by atoms with Gasteiger partial charge in [-0.1, -0.05) is 12.1 Å². The number of hydrogen-bond acceptors (Lipinski definition) is 5. The third kappa shape index (κ3) is 5.44. The molecule has 3 N–H and O–H groups in total. The van der Waals surface area contributed by atoms with E-state index in [0.29, 0.717) is 29.2 Å². The molecule has 1 aliphatic heterocycles. The van der Waals surface area contributed by atoms with Crippen LogP contribution in [0.4, 0.5) is 5.69 Å². The van der Waals surface area contributed by atoms with E-state index >= 15 is 0 Å². The summed E-state index contributed by atoms with van der Waals surface area (Å²) in [4.78, 5) is 25.9. The number of anilines is 1. The van der Waals surface area contributed by atoms with Crippen LogP contribution in [-0.4, -0.2) is 38.1 Å². The third-order valence-electron chi connectivity index (χ3n) is 5.26. The molecule has 0 unspecified atom stereocenters. The number of nitrogens with zero attached hydrogens (tertiary/aromatic N) is 1. The Morgan fingerprint density at radius 1 is 0.844 bits per heavy atom. The van der Waals surface area contributed by atoms with Crippen LogP contribution in [-0.2, 0) is 11.3 Å². The summed E-state index contributed by atoms with van der Waals surface area (Å²) in [5, 5.41) is 2.94. The van der Waals surface area contributed by atoms with Gasteiger partial charge in [0.05, 0.1) is 13.2 Å². The second kappa shape index (κ2) is 9.98. The number of morpholine rings is 1. The molecule has 0 bridgehead atoms. The van der Waals surface area contributed by atoms with Crippen molar-refractivity contribution in [3.8, 4) is 11.5 Å². The van der Waals surface area contributed by atoms with E-state index in [1.807, 2.05) is 12.1 Å². The summed E-state index contributed by atoms with van der Waals surface area (Å²) in [5.74, 6) is 0.527. The normalized spacial score (nSPS) is 13.4. The molecule has 0 radical (unpaired) electrons. The third-order valence-corrected chi connectivity index (χ3v) is 5.26. The molecule has 1 saturated heterocycles. The predicted octanol–water partition coefficient (Wildman–Crippen LogP) is 3.34. The van der Waals surface area contributed by atoms with Crippen LogP contribution < -0.4 is 20.7 Å². The van der Waals surface area contributed by atoms with Crippen molar-refractivity contribution in [2.75, 3.05) is 31.2 Å². The smallest absolute Gasteiger partial charge is 0.251 e. The lowest BCUT2D eigenvalue weighted by atomic mass is 10.1. The molecule has 164 valence electrons. The van der Waals surface area contributed by atoms with Gasteiger partial charge in [-0.15, -0.1) is 0 Å². The van der Waals surface area contributed by atoms with Crippen molar-refractivity contribution in [3.05, 3.63) is 89.5 Å². The number of amides is 2. The minimum atomic E-state index is -0.486. The molecular formula is C25H25N3O4. The molecular weight excluding hydrogens is 406 g/mol. The Morgan fingerprint density at radius 2 is 1.41 bits per heavy atom. The van der Waals surface area contributed by atoms with Crippen molar-refractivity contribution in [1.82, 2.24) is 5.32 Å². The highest BCUT2D eigenvalue weighted by molar-refractivity contribution is 5.94. The predicted molar refractivity (Wildman–Crippen MR) is 122 cm³/mol. The molecule has 1 fully saturated rings. The Kier molecular flexibility index (Phi) is 6.67. The number of nitrogens with one attached hydrogen (secondary N) is 1. The van der Waals surface area contributed by atoms with Crippen molar-refractivity contribution in [2.24, 2.45) is 5.73 Å². The fourth-order valence-corrected chi connectivity index (χ4v) is 3.43. The molecule has 1 heterocycles. The first-order valence-electron chi connectivity index (χ1n) is 10.5. The Labute approximate surface area is 186 Å². The molecule has 4 rings (SSSR count). The second-order valence-electron chi connectivity index (χ2n) is 7.46. The average molecular weight is 431 g/mol. The molecule has 32 heavy (non-hydrogen) atoms. The van der Waals surface area contributed by atoms with Gasteiger partial charge in [-0.25, -0.2) is 0 Å². The molecule has 7 nitrogen and oxygen atoms in total. The standard InChI is InChI=1S/C25H25N3O4/c26-24(29)19-3-9-22(10-4-19)32-23-11-5-20(6-12-23)25(30)27-17-18-1-7-21(8-2-18)28-13-15-31-16-14-28/h1-12H,13-17H2,(H2,26,29)(H,27,30). The molecule has 2 amide bonds. The van der Waals surface area contributed by atoms with Gasteiger partial charge in [0.2, 0.25) is 5.91 Å². The summed E-state index contributed by atoms with van der Waals surface area (Å²) in [6.45, 7) is 3.75. The van der Waals surface area contributed by atoms with Crippen LogP contribution in [0.15, 0.2) is 72.8 Å². The summed E-state index contributed by atoms with van der Waals surface area (Å²) in [6.07, 6.45) is 0. The first-order valence-corrected chi connectivity index (χ1v) is 10.5. The zero-order chi connectivity index (χ0) is 22.3. The number of hydrogen-bond donors (Lipinski definition) is 2. The summed E-state index contributed by atoms with van der Waals surface area (Å²) >= 11 is 0. The maximum absolute atomic E-state index is 12.5. The number of rotatable bonds is 7. The molecule has 0 saturated carbocycles. The van der Waals surface area contributed by atoms with Crippen molar-refractivity contribution >= 4 is 17.5 Å². The Morgan fingerprint density at radius 3 is 1.97 bits per heavy atom. The highest BCUT2D eigenvalue weighted by Crippen LogP contribution is 2.22. The summed E-state index contributed by atoms with van der Waals surface area (Å²) < 4.78 is 11.1. The monoisotopic (exact) mass is 431 g/mol. The number of primary amides is 1. The fraction of sp³-hybridized carbons (Fsp3) is 0.200. The van der Waals surface area contributed by atoms with Crippen LogP contribution in [0.1, 0.15) is 26.3 Å². The second-order valence-corrected chi connectivity index (χ2v) is 7.46. The van der Waals surface area contributed by atoms with Gasteiger partial charge >= 0.3 is 0 Å². The average Bonchev–Trinajstić information content (AvgIpc) is 2.84. The summed E-state index contributed by atoms with van der Waals surface area (Å²) in [7, 11) is 0. The van der Waals surface area contributed by atoms with Crippen LogP contribution >= 0.6 is 0 Å². The van der Waals surface area contributed by atoms with E-state index in [9.17, 15) is 9.59 Å². The topological polar surface area (TPSA) is 93.9 Å². The maximum Gasteiger partial charge on any atom is 0.251 e. The lowest BCUT2D eigenvalue weighted by molar-refractivity contribution is 0.0949. The summed E-state index contributed by atoms with van der Waals surface area (Å²) in [6, 6.07) is 21.7. The molecule has 0 spiro atoms. The van der Waals surface area contributed by atoms with Gasteiger partial charge in [0, 0.05) is 36.4 Å². The van der Waals surface area contributed by atoms with Gasteiger partial charge in [-0.3, -0.25) is 9.59 Å². The number of nitrogens with two attached hydrogens (primary N) is 1. The molecule has 0 atom stereocenters. The molecule has 3 aromatic rings. The van der Waals surface area contributed by atoms with Gasteiger partial charge in [0.15, 0.2) is 0 Å². The summed E-state index contributed by atoms with van der Waals surface area (Å²) in [5.41, 5.74) is 8.41. The van der Waals surface area contributed by atoms with Gasteiger partial charge in [-0.2, -0.15) is 0 Å². The first kappa shape index (κ1) is 21.4. The molecule has 0 aliphatic carbocycles. The van der Waals surface area contributed by atoms with Crippen LogP contribution in [0.25, 0.3) is 0 Å². The van der Waals surface area contributed by atoms with E-state index in [-0.39, 0.29) is 5.91 Å². The number of benzene rings is 3. The Hall–Kier alpha value is -3.84. The Balaban J connectivity index is 1.29. The largest absolute Gasteiger partial charge is 0.457 e. The van der Waals surface area contributed by atoms with E-state index in [1.54, 1.807) is 48.5 Å². The Bertz CT molecular complexity index is 1060. The van der Waals surface area contributed by atoms with E-state index in [0.717, 1.165) is 31.9 Å². The van der Waals surface area contributed by atoms with Crippen LogP contribution in [0, 0.1) is 0 Å². The highest BCUT2D eigenvalue weighted by Gasteiger charge is 2.11. The van der Waals surface area contributed by atoms with E-state index < -0.39 is 5.91 Å². The van der Waals surface area contributed by atoms with Crippen molar-refractivity contribution in [1.29, 1.82) is 0 Å². The molecule has 0 aromatic heterocycles. The number of carbonyl (C=O) groups excluding carboxylic acids is 2. The van der Waals surface area contributed by atoms with Gasteiger partial charge < -0.3 is 25.4 Å². The van der Waals surface area contributed by atoms with Crippen molar-refractivity contribution in [2.45, 2.75) is 6.54 Å². The van der Waals surface area contributed by atoms with E-state index in [2.05, 4.69) is 22.3 Å². The number of carbonyl (C=O) groups is 2. The van der Waals surface area contributed by atoms with Crippen LogP contribution in [0.3, 0.4) is 0 Å². The SMILES string of the molecule is NC(=O)c1ccc(Oc2ccc(C(=O)NCc3ccc(N4CCOCC4)cc3)cc2)cc1. The lowest BCUT2D eigenvalue weighted by Gasteiger charge is -2.28. The van der Waals surface area contributed by atoms with E-state index in [1.165, 1.54) is 5.69 Å². The molecule has 7 heteroatoms. The first-order chi connectivity index (χ1) is 15.6. The molecule has 1 aliphatic rings. The molecule has 3 aromatic carbocycles. The van der Waals surface area contributed by atoms with Crippen molar-refractivity contribution in [3.63, 3.8) is 0 Å². The van der Waals surface area contributed by atoms with Gasteiger partial charge in [0.25, 0.3) is 5.91 Å². The zero-order valence-corrected chi connectivity index (χ0v) is 17.6. The van der Waals surface area contributed by atoms with E-state index in [4.69, 9.17) is 15.2 Å². The number of ether oxygens (including phenoxy) is 2. The lowest BCUT2D eigenvalue weighted by Crippen LogP contribution is -2.36. The van der Waals surface area contributed by atoms with Gasteiger partial charge in [-0.05, 0) is 66.2 Å². The van der Waals surface area contributed by atoms with Gasteiger partial charge in [0.1, 0.15) is 11.5 Å². The van der Waals surface area contributed by atoms with Crippen molar-refractivity contribution < 1.29 is 19.1 Å². The minimum absolute atomic E-state index is 0.153. The van der Waals surface area contributed by atoms with Crippen LogP contribution in [0.5, 0.6) is 11.5 Å². The quantitative estimate of drug-likeness (QED) is 0.598. The van der Waals surface area contributed by atoms with Crippen LogP contribution in [0.2, 0.25) is 0 Å². The maximum atomic E-state index is 12.5. The highest BCUT2D eigenvalue weighted by atomic mass is 16.5.